The zero-order valence-electron chi connectivity index (χ0n) is 17.6. The number of nitrogens with zero attached hydrogens (tertiary/aromatic N) is 3. The third-order valence-electron chi connectivity index (χ3n) is 4.42. The average Bonchev–Trinajstić information content (AvgIpc) is 3.36. The van der Waals surface area contributed by atoms with Crippen LogP contribution in [-0.4, -0.2) is 40.5 Å². The van der Waals surface area contributed by atoms with E-state index in [0.29, 0.717) is 16.5 Å². The number of anilines is 1. The topological polar surface area (TPSA) is 105 Å². The summed E-state index contributed by atoms with van der Waals surface area (Å²) in [5, 5.41) is 7.96. The van der Waals surface area contributed by atoms with Gasteiger partial charge in [-0.15, -0.1) is 0 Å². The van der Waals surface area contributed by atoms with E-state index in [-0.39, 0.29) is 18.3 Å². The van der Waals surface area contributed by atoms with Crippen molar-refractivity contribution in [2.45, 2.75) is 13.8 Å². The Morgan fingerprint density at radius 2 is 1.84 bits per heavy atom. The van der Waals surface area contributed by atoms with Gasteiger partial charge in [-0.2, -0.15) is 9.78 Å². The maximum absolute atomic E-state index is 12.8. The van der Waals surface area contributed by atoms with Gasteiger partial charge >= 0.3 is 6.16 Å². The molecule has 0 aliphatic carbocycles. The van der Waals surface area contributed by atoms with Gasteiger partial charge in [-0.25, -0.2) is 9.78 Å². The summed E-state index contributed by atoms with van der Waals surface area (Å²) in [5.74, 6) is 1.18. The Kier molecular flexibility index (Phi) is 6.04. The number of benzene rings is 2. The molecule has 9 nitrogen and oxygen atoms in total. The van der Waals surface area contributed by atoms with Crippen LogP contribution in [0.2, 0.25) is 0 Å². The van der Waals surface area contributed by atoms with Crippen molar-refractivity contribution < 1.29 is 23.8 Å². The van der Waals surface area contributed by atoms with Crippen LogP contribution in [0, 0.1) is 6.92 Å². The summed E-state index contributed by atoms with van der Waals surface area (Å²) in [6.45, 7) is 3.74. The molecule has 0 atom stereocenters. The van der Waals surface area contributed by atoms with Gasteiger partial charge in [0.25, 0.3) is 5.91 Å². The zero-order chi connectivity index (χ0) is 22.7. The number of hydrogen-bond acceptors (Lipinski definition) is 8. The largest absolute Gasteiger partial charge is 0.513 e. The predicted octanol–water partition coefficient (Wildman–Crippen LogP) is 4.59. The standard InChI is InChI=1S/C22H20N4O5S/c1-4-30-22(28)31-15-7-5-14(6-8-15)20(27)24-19-11-13(2)25-26(19)21-23-17-10-9-16(29-3)12-18(17)32-21/h5-12H,4H2,1-3H3,(H,24,27). The number of methoxy groups -OCH3 is 1. The van der Waals surface area contributed by atoms with E-state index in [0.717, 1.165) is 21.7 Å². The van der Waals surface area contributed by atoms with E-state index in [9.17, 15) is 9.59 Å². The Bertz CT molecular complexity index is 1280. The van der Waals surface area contributed by atoms with E-state index in [1.807, 2.05) is 25.1 Å². The molecule has 0 aliphatic heterocycles. The van der Waals surface area contributed by atoms with Crippen LogP contribution < -0.4 is 14.8 Å². The second-order valence-corrected chi connectivity index (χ2v) is 7.69. The second-order valence-electron chi connectivity index (χ2n) is 6.68. The highest BCUT2D eigenvalue weighted by molar-refractivity contribution is 7.20. The number of nitrogens with one attached hydrogen (secondary N) is 1. The summed E-state index contributed by atoms with van der Waals surface area (Å²) in [4.78, 5) is 28.8. The normalized spacial score (nSPS) is 10.7. The average molecular weight is 452 g/mol. The number of aromatic nitrogens is 3. The number of thiazole rings is 1. The van der Waals surface area contributed by atoms with E-state index in [4.69, 9.17) is 14.2 Å². The van der Waals surface area contributed by atoms with Crippen LogP contribution in [0.1, 0.15) is 23.0 Å². The van der Waals surface area contributed by atoms with Crippen molar-refractivity contribution in [3.63, 3.8) is 0 Å². The number of hydrogen-bond donors (Lipinski definition) is 1. The van der Waals surface area contributed by atoms with E-state index < -0.39 is 6.16 Å². The number of aryl methyl sites for hydroxylation is 1. The zero-order valence-corrected chi connectivity index (χ0v) is 18.4. The number of amides is 1. The molecule has 164 valence electrons. The lowest BCUT2D eigenvalue weighted by molar-refractivity contribution is 0.102. The van der Waals surface area contributed by atoms with Gasteiger partial charge in [0, 0.05) is 11.6 Å². The Hall–Kier alpha value is -3.92. The van der Waals surface area contributed by atoms with Crippen LogP contribution >= 0.6 is 11.3 Å². The molecule has 1 N–H and O–H groups in total. The molecule has 0 saturated heterocycles. The molecule has 2 aromatic heterocycles. The van der Waals surface area contributed by atoms with Crippen molar-refractivity contribution in [3.05, 3.63) is 59.8 Å². The first kappa shape index (κ1) is 21.3. The Morgan fingerprint density at radius 3 is 2.56 bits per heavy atom. The number of fused-ring (bicyclic) bond motifs is 1. The third-order valence-corrected chi connectivity index (χ3v) is 5.41. The van der Waals surface area contributed by atoms with Gasteiger partial charge in [0.2, 0.25) is 5.13 Å². The van der Waals surface area contributed by atoms with E-state index in [1.165, 1.54) is 23.5 Å². The summed E-state index contributed by atoms with van der Waals surface area (Å²) >= 11 is 1.44. The molecule has 2 heterocycles. The lowest BCUT2D eigenvalue weighted by Crippen LogP contribution is -2.15. The first-order chi connectivity index (χ1) is 15.5. The van der Waals surface area contributed by atoms with Crippen molar-refractivity contribution in [1.82, 2.24) is 14.8 Å². The molecule has 0 spiro atoms. The van der Waals surface area contributed by atoms with Gasteiger partial charge in [-0.3, -0.25) is 4.79 Å². The van der Waals surface area contributed by atoms with Crippen molar-refractivity contribution in [3.8, 4) is 16.6 Å². The minimum absolute atomic E-state index is 0.217. The Balaban J connectivity index is 1.54. The fourth-order valence-electron chi connectivity index (χ4n) is 2.95. The molecule has 4 aromatic rings. The molecule has 0 saturated carbocycles. The van der Waals surface area contributed by atoms with Crippen LogP contribution in [-0.2, 0) is 4.74 Å². The summed E-state index contributed by atoms with van der Waals surface area (Å²) in [6, 6.07) is 13.6. The summed E-state index contributed by atoms with van der Waals surface area (Å²) in [5.41, 5.74) is 1.93. The van der Waals surface area contributed by atoms with Gasteiger partial charge in [-0.05, 0) is 56.3 Å². The van der Waals surface area contributed by atoms with Crippen LogP contribution in [0.25, 0.3) is 15.3 Å². The van der Waals surface area contributed by atoms with Crippen molar-refractivity contribution >= 4 is 39.4 Å². The predicted molar refractivity (Wildman–Crippen MR) is 120 cm³/mol. The smallest absolute Gasteiger partial charge is 0.497 e. The fraction of sp³-hybridized carbons (Fsp3) is 0.182. The van der Waals surface area contributed by atoms with E-state index in [1.54, 1.807) is 36.9 Å². The molecule has 4 rings (SSSR count). The van der Waals surface area contributed by atoms with Crippen LogP contribution in [0.15, 0.2) is 48.5 Å². The Morgan fingerprint density at radius 1 is 1.09 bits per heavy atom. The van der Waals surface area contributed by atoms with Crippen molar-refractivity contribution in [2.24, 2.45) is 0 Å². The molecule has 0 fully saturated rings. The van der Waals surface area contributed by atoms with Gasteiger partial charge < -0.3 is 19.5 Å². The van der Waals surface area contributed by atoms with E-state index in [2.05, 4.69) is 15.4 Å². The number of rotatable bonds is 6. The fourth-order valence-corrected chi connectivity index (χ4v) is 3.91. The summed E-state index contributed by atoms with van der Waals surface area (Å²) < 4.78 is 17.6. The molecule has 32 heavy (non-hydrogen) atoms. The van der Waals surface area contributed by atoms with Crippen molar-refractivity contribution in [1.29, 1.82) is 0 Å². The monoisotopic (exact) mass is 452 g/mol. The number of ether oxygens (including phenoxy) is 3. The van der Waals surface area contributed by atoms with E-state index >= 15 is 0 Å². The lowest BCUT2D eigenvalue weighted by atomic mass is 10.2. The molecular weight excluding hydrogens is 432 g/mol. The first-order valence-corrected chi connectivity index (χ1v) is 10.6. The highest BCUT2D eigenvalue weighted by Crippen LogP contribution is 2.30. The lowest BCUT2D eigenvalue weighted by Gasteiger charge is -2.07. The highest BCUT2D eigenvalue weighted by Gasteiger charge is 2.16. The molecule has 0 bridgehead atoms. The maximum Gasteiger partial charge on any atom is 0.513 e. The van der Waals surface area contributed by atoms with Crippen LogP contribution in [0.4, 0.5) is 10.6 Å². The van der Waals surface area contributed by atoms with Crippen molar-refractivity contribution in [2.75, 3.05) is 19.0 Å². The van der Waals surface area contributed by atoms with Gasteiger partial charge in [-0.1, -0.05) is 11.3 Å². The highest BCUT2D eigenvalue weighted by atomic mass is 32.1. The minimum Gasteiger partial charge on any atom is -0.497 e. The van der Waals surface area contributed by atoms with Crippen LogP contribution in [0.3, 0.4) is 0 Å². The molecule has 2 aromatic carbocycles. The number of carbonyl (C=O) groups is 2. The second kappa shape index (κ2) is 9.06. The molecule has 10 heteroatoms. The van der Waals surface area contributed by atoms with Gasteiger partial charge in [0.1, 0.15) is 17.3 Å². The van der Waals surface area contributed by atoms with Crippen LogP contribution in [0.5, 0.6) is 11.5 Å². The van der Waals surface area contributed by atoms with Gasteiger partial charge in [0.05, 0.1) is 29.6 Å². The molecule has 1 amide bonds. The first-order valence-electron chi connectivity index (χ1n) is 9.74. The SMILES string of the molecule is CCOC(=O)Oc1ccc(C(=O)Nc2cc(C)nn2-c2nc3ccc(OC)cc3s2)cc1. The number of carbonyl (C=O) groups excluding carboxylic acids is 2. The quantitative estimate of drug-likeness (QED) is 0.337. The minimum atomic E-state index is -0.794. The van der Waals surface area contributed by atoms with Gasteiger partial charge in [0.15, 0.2) is 0 Å². The Labute approximate surface area is 187 Å². The molecule has 0 aliphatic rings. The molecular formula is C22H20N4O5S. The molecule has 0 radical (unpaired) electrons. The maximum atomic E-state index is 12.8. The summed E-state index contributed by atoms with van der Waals surface area (Å²) in [7, 11) is 1.61. The summed E-state index contributed by atoms with van der Waals surface area (Å²) in [6.07, 6.45) is -0.794. The third kappa shape index (κ3) is 4.54. The molecule has 0 unspecified atom stereocenters.